The minimum atomic E-state index is -0.0497. The molecule has 25 heavy (non-hydrogen) atoms. The summed E-state index contributed by atoms with van der Waals surface area (Å²) >= 11 is 0. The van der Waals surface area contributed by atoms with Crippen LogP contribution in [0, 0.1) is 0 Å². The summed E-state index contributed by atoms with van der Waals surface area (Å²) in [6.45, 7) is 3.23. The molecule has 4 nitrogen and oxygen atoms in total. The molecule has 0 radical (unpaired) electrons. The third-order valence-corrected chi connectivity index (χ3v) is 4.09. The molecule has 0 spiro atoms. The highest BCUT2D eigenvalue weighted by Crippen LogP contribution is 2.14. The third-order valence-electron chi connectivity index (χ3n) is 4.09. The summed E-state index contributed by atoms with van der Waals surface area (Å²) in [5.41, 5.74) is 3.70. The number of nitrogens with one attached hydrogen (secondary N) is 1. The number of aromatic nitrogens is 2. The van der Waals surface area contributed by atoms with E-state index in [2.05, 4.69) is 17.1 Å². The van der Waals surface area contributed by atoms with Gasteiger partial charge in [0.25, 0.3) is 5.91 Å². The van der Waals surface area contributed by atoms with Gasteiger partial charge >= 0.3 is 0 Å². The molecule has 0 atom stereocenters. The van der Waals surface area contributed by atoms with Crippen molar-refractivity contribution in [1.29, 1.82) is 0 Å². The van der Waals surface area contributed by atoms with Crippen molar-refractivity contribution < 1.29 is 4.79 Å². The topological polar surface area (TPSA) is 49.0 Å². The smallest absolute Gasteiger partial charge is 0.274 e. The summed E-state index contributed by atoms with van der Waals surface area (Å²) < 4.78 is 0. The Morgan fingerprint density at radius 2 is 1.52 bits per heavy atom. The number of rotatable bonds is 7. The van der Waals surface area contributed by atoms with Gasteiger partial charge in [0.05, 0.1) is 0 Å². The SMILES string of the molecule is CCCc1cc(C(=O)N(Cc2ccccc2)Cc2ccccc2)n[nH]1. The van der Waals surface area contributed by atoms with E-state index in [9.17, 15) is 4.79 Å². The van der Waals surface area contributed by atoms with Gasteiger partial charge in [-0.25, -0.2) is 0 Å². The average Bonchev–Trinajstić information content (AvgIpc) is 3.11. The molecule has 2 aromatic carbocycles. The first-order valence-electron chi connectivity index (χ1n) is 8.67. The number of hydrogen-bond donors (Lipinski definition) is 1. The van der Waals surface area contributed by atoms with Crippen LogP contribution in [-0.4, -0.2) is 21.0 Å². The minimum absolute atomic E-state index is 0.0497. The number of aromatic amines is 1. The molecule has 0 aliphatic rings. The molecule has 0 fully saturated rings. The van der Waals surface area contributed by atoms with Crippen LogP contribution >= 0.6 is 0 Å². The zero-order valence-electron chi connectivity index (χ0n) is 14.5. The van der Waals surface area contributed by atoms with Crippen LogP contribution < -0.4 is 0 Å². The Morgan fingerprint density at radius 3 is 2.04 bits per heavy atom. The van der Waals surface area contributed by atoms with Crippen molar-refractivity contribution in [2.75, 3.05) is 0 Å². The Bertz CT molecular complexity index is 755. The number of carbonyl (C=O) groups excluding carboxylic acids is 1. The highest BCUT2D eigenvalue weighted by molar-refractivity contribution is 5.92. The molecule has 1 N–H and O–H groups in total. The third kappa shape index (κ3) is 4.57. The van der Waals surface area contributed by atoms with Gasteiger partial charge in [0, 0.05) is 18.8 Å². The average molecular weight is 333 g/mol. The summed E-state index contributed by atoms with van der Waals surface area (Å²) in [6.07, 6.45) is 1.92. The van der Waals surface area contributed by atoms with Crippen LogP contribution in [0.3, 0.4) is 0 Å². The fourth-order valence-electron chi connectivity index (χ4n) is 2.84. The second kappa shape index (κ2) is 8.29. The van der Waals surface area contributed by atoms with Crippen molar-refractivity contribution in [2.45, 2.75) is 32.9 Å². The second-order valence-electron chi connectivity index (χ2n) is 6.16. The van der Waals surface area contributed by atoms with Gasteiger partial charge in [-0.15, -0.1) is 0 Å². The summed E-state index contributed by atoms with van der Waals surface area (Å²) in [4.78, 5) is 14.9. The number of amides is 1. The second-order valence-corrected chi connectivity index (χ2v) is 6.16. The molecule has 0 saturated carbocycles. The maximum absolute atomic E-state index is 13.0. The number of aryl methyl sites for hydroxylation is 1. The fourth-order valence-corrected chi connectivity index (χ4v) is 2.84. The minimum Gasteiger partial charge on any atom is -0.329 e. The van der Waals surface area contributed by atoms with Crippen LogP contribution in [0.2, 0.25) is 0 Å². The molecule has 0 aliphatic heterocycles. The van der Waals surface area contributed by atoms with Gasteiger partial charge in [0.15, 0.2) is 0 Å². The molecular formula is C21H23N3O. The van der Waals surface area contributed by atoms with E-state index in [1.165, 1.54) is 0 Å². The first-order chi connectivity index (χ1) is 12.3. The van der Waals surface area contributed by atoms with Crippen molar-refractivity contribution >= 4 is 5.91 Å². The van der Waals surface area contributed by atoms with Crippen molar-refractivity contribution in [3.8, 4) is 0 Å². The highest BCUT2D eigenvalue weighted by atomic mass is 16.2. The molecule has 0 aliphatic carbocycles. The zero-order valence-corrected chi connectivity index (χ0v) is 14.5. The first-order valence-corrected chi connectivity index (χ1v) is 8.67. The van der Waals surface area contributed by atoms with Crippen molar-refractivity contribution in [3.63, 3.8) is 0 Å². The molecule has 0 unspecified atom stereocenters. The predicted octanol–water partition coefficient (Wildman–Crippen LogP) is 4.20. The molecule has 1 heterocycles. The normalized spacial score (nSPS) is 10.6. The Labute approximate surface area is 148 Å². The van der Waals surface area contributed by atoms with Crippen molar-refractivity contribution in [2.24, 2.45) is 0 Å². The van der Waals surface area contributed by atoms with Crippen LogP contribution in [0.4, 0.5) is 0 Å². The standard InChI is InChI=1S/C21H23N3O/c1-2-9-19-14-20(23-22-19)21(25)24(15-17-10-5-3-6-11-17)16-18-12-7-4-8-13-18/h3-8,10-14H,2,9,15-16H2,1H3,(H,22,23). The molecule has 4 heteroatoms. The molecule has 0 bridgehead atoms. The van der Waals surface area contributed by atoms with Gasteiger partial charge in [-0.3, -0.25) is 9.89 Å². The van der Waals surface area contributed by atoms with Crippen LogP contribution in [0.1, 0.15) is 40.7 Å². The van der Waals surface area contributed by atoms with Crippen molar-refractivity contribution in [3.05, 3.63) is 89.2 Å². The summed E-state index contributed by atoms with van der Waals surface area (Å²) in [7, 11) is 0. The molecule has 3 rings (SSSR count). The van der Waals surface area contributed by atoms with E-state index >= 15 is 0 Å². The number of benzene rings is 2. The van der Waals surface area contributed by atoms with Crippen LogP contribution in [0.15, 0.2) is 66.7 Å². The molecule has 128 valence electrons. The Balaban J connectivity index is 1.82. The molecule has 3 aromatic rings. The summed E-state index contributed by atoms with van der Waals surface area (Å²) in [5, 5.41) is 7.20. The highest BCUT2D eigenvalue weighted by Gasteiger charge is 2.19. The molecule has 1 aromatic heterocycles. The van der Waals surface area contributed by atoms with Gasteiger partial charge in [0.1, 0.15) is 5.69 Å². The predicted molar refractivity (Wildman–Crippen MR) is 99.0 cm³/mol. The van der Waals surface area contributed by atoms with Crippen LogP contribution in [0.5, 0.6) is 0 Å². The monoisotopic (exact) mass is 333 g/mol. The van der Waals surface area contributed by atoms with E-state index in [-0.39, 0.29) is 5.91 Å². The van der Waals surface area contributed by atoms with Crippen LogP contribution in [0.25, 0.3) is 0 Å². The zero-order chi connectivity index (χ0) is 17.5. The summed E-state index contributed by atoms with van der Waals surface area (Å²) in [6, 6.07) is 22.0. The molecular weight excluding hydrogens is 310 g/mol. The maximum atomic E-state index is 13.0. The molecule has 1 amide bonds. The van der Waals surface area contributed by atoms with E-state index in [1.54, 1.807) is 0 Å². The Morgan fingerprint density at radius 1 is 0.960 bits per heavy atom. The first kappa shape index (κ1) is 17.0. The number of nitrogens with zero attached hydrogens (tertiary/aromatic N) is 2. The van der Waals surface area contributed by atoms with E-state index in [0.29, 0.717) is 18.8 Å². The van der Waals surface area contributed by atoms with Crippen molar-refractivity contribution in [1.82, 2.24) is 15.1 Å². The number of carbonyl (C=O) groups is 1. The fraction of sp³-hybridized carbons (Fsp3) is 0.238. The largest absolute Gasteiger partial charge is 0.329 e. The van der Waals surface area contributed by atoms with E-state index < -0.39 is 0 Å². The van der Waals surface area contributed by atoms with E-state index in [0.717, 1.165) is 29.7 Å². The van der Waals surface area contributed by atoms with Gasteiger partial charge in [-0.2, -0.15) is 5.10 Å². The summed E-state index contributed by atoms with van der Waals surface area (Å²) in [5.74, 6) is -0.0497. The van der Waals surface area contributed by atoms with Gasteiger partial charge in [0.2, 0.25) is 0 Å². The Hall–Kier alpha value is -2.88. The number of hydrogen-bond acceptors (Lipinski definition) is 2. The van der Waals surface area contributed by atoms with E-state index in [4.69, 9.17) is 0 Å². The van der Waals surface area contributed by atoms with Gasteiger partial charge in [-0.1, -0.05) is 74.0 Å². The van der Waals surface area contributed by atoms with E-state index in [1.807, 2.05) is 71.6 Å². The maximum Gasteiger partial charge on any atom is 0.274 e. The lowest BCUT2D eigenvalue weighted by atomic mass is 10.1. The lowest BCUT2D eigenvalue weighted by Crippen LogP contribution is -2.30. The lowest BCUT2D eigenvalue weighted by Gasteiger charge is -2.22. The van der Waals surface area contributed by atoms with Gasteiger partial charge in [-0.05, 0) is 23.6 Å². The van der Waals surface area contributed by atoms with Crippen LogP contribution in [-0.2, 0) is 19.5 Å². The Kier molecular flexibility index (Phi) is 5.62. The van der Waals surface area contributed by atoms with Gasteiger partial charge < -0.3 is 4.90 Å². The number of H-pyrrole nitrogens is 1. The quantitative estimate of drug-likeness (QED) is 0.704. The lowest BCUT2D eigenvalue weighted by molar-refractivity contribution is 0.0724. The molecule has 0 saturated heterocycles.